The predicted molar refractivity (Wildman–Crippen MR) is 101 cm³/mol. The molecule has 3 rings (SSSR count). The lowest BCUT2D eigenvalue weighted by atomic mass is 10.1. The Labute approximate surface area is 155 Å². The minimum Gasteiger partial charge on any atom is -0.376 e. The minimum atomic E-state index is -0.00828. The first kappa shape index (κ1) is 18.5. The molecule has 0 saturated carbocycles. The van der Waals surface area contributed by atoms with E-state index < -0.39 is 0 Å². The highest BCUT2D eigenvalue weighted by Gasteiger charge is 2.25. The molecule has 0 aliphatic carbocycles. The molecule has 0 spiro atoms. The van der Waals surface area contributed by atoms with E-state index in [4.69, 9.17) is 4.74 Å². The Morgan fingerprint density at radius 3 is 3.00 bits per heavy atom. The molecule has 1 aromatic heterocycles. The molecule has 1 atom stereocenters. The second kappa shape index (κ2) is 8.90. The van der Waals surface area contributed by atoms with Crippen molar-refractivity contribution in [1.82, 2.24) is 14.9 Å². The van der Waals surface area contributed by atoms with Crippen molar-refractivity contribution in [2.75, 3.05) is 13.2 Å². The van der Waals surface area contributed by atoms with Crippen molar-refractivity contribution < 1.29 is 9.53 Å². The fraction of sp³-hybridized carbons (Fsp3) is 0.476. The number of hydrogen-bond donors (Lipinski definition) is 0. The third-order valence-corrected chi connectivity index (χ3v) is 4.70. The van der Waals surface area contributed by atoms with Crippen LogP contribution in [-0.4, -0.2) is 40.0 Å². The van der Waals surface area contributed by atoms with Gasteiger partial charge in [0.15, 0.2) is 0 Å². The number of rotatable bonds is 7. The molecule has 1 amide bonds. The topological polar surface area (TPSA) is 55.3 Å². The number of ether oxygens (including phenoxy) is 1. The Hall–Kier alpha value is -2.27. The molecule has 2 aromatic rings. The van der Waals surface area contributed by atoms with Crippen LogP contribution in [0.1, 0.15) is 53.4 Å². The number of amides is 1. The third kappa shape index (κ3) is 4.67. The summed E-state index contributed by atoms with van der Waals surface area (Å²) < 4.78 is 5.78. The molecule has 1 fully saturated rings. The van der Waals surface area contributed by atoms with Crippen LogP contribution in [0.25, 0.3) is 0 Å². The van der Waals surface area contributed by atoms with Crippen molar-refractivity contribution in [3.8, 4) is 0 Å². The molecular weight excluding hydrogens is 326 g/mol. The van der Waals surface area contributed by atoms with E-state index in [0.29, 0.717) is 18.7 Å². The summed E-state index contributed by atoms with van der Waals surface area (Å²) in [5.41, 5.74) is 3.76. The number of carbonyl (C=O) groups is 1. The SMILES string of the molecule is CCCc1ncncc1C(=O)N(Cc1cccc(C)c1)CC1CCCO1. The van der Waals surface area contributed by atoms with Gasteiger partial charge in [-0.3, -0.25) is 4.79 Å². The van der Waals surface area contributed by atoms with Gasteiger partial charge in [0.1, 0.15) is 6.33 Å². The van der Waals surface area contributed by atoms with E-state index in [2.05, 4.69) is 42.0 Å². The molecule has 1 saturated heterocycles. The van der Waals surface area contributed by atoms with Crippen LogP contribution in [0.3, 0.4) is 0 Å². The van der Waals surface area contributed by atoms with Gasteiger partial charge in [0.05, 0.1) is 17.4 Å². The third-order valence-electron chi connectivity index (χ3n) is 4.70. The number of benzene rings is 1. The smallest absolute Gasteiger partial charge is 0.257 e. The van der Waals surface area contributed by atoms with Crippen LogP contribution < -0.4 is 0 Å². The summed E-state index contributed by atoms with van der Waals surface area (Å²) in [5, 5.41) is 0. The van der Waals surface area contributed by atoms with E-state index in [0.717, 1.165) is 43.5 Å². The van der Waals surface area contributed by atoms with Crippen LogP contribution in [0.5, 0.6) is 0 Å². The number of aryl methyl sites for hydroxylation is 2. The van der Waals surface area contributed by atoms with Crippen molar-refractivity contribution >= 4 is 5.91 Å². The van der Waals surface area contributed by atoms with Crippen LogP contribution in [-0.2, 0) is 17.7 Å². The highest BCUT2D eigenvalue weighted by molar-refractivity contribution is 5.95. The van der Waals surface area contributed by atoms with Crippen LogP contribution in [0.15, 0.2) is 36.8 Å². The fourth-order valence-corrected chi connectivity index (χ4v) is 3.42. The van der Waals surface area contributed by atoms with E-state index in [1.54, 1.807) is 6.20 Å². The van der Waals surface area contributed by atoms with E-state index in [1.807, 2.05) is 11.0 Å². The summed E-state index contributed by atoms with van der Waals surface area (Å²) in [6, 6.07) is 8.30. The van der Waals surface area contributed by atoms with Crippen LogP contribution in [0.4, 0.5) is 0 Å². The first-order valence-electron chi connectivity index (χ1n) is 9.42. The first-order chi connectivity index (χ1) is 12.7. The minimum absolute atomic E-state index is 0.00828. The number of carbonyl (C=O) groups excluding carboxylic acids is 1. The molecule has 5 nitrogen and oxygen atoms in total. The first-order valence-corrected chi connectivity index (χ1v) is 9.42. The quantitative estimate of drug-likeness (QED) is 0.764. The van der Waals surface area contributed by atoms with Gasteiger partial charge < -0.3 is 9.64 Å². The summed E-state index contributed by atoms with van der Waals surface area (Å²) in [7, 11) is 0. The molecule has 0 N–H and O–H groups in total. The zero-order chi connectivity index (χ0) is 18.4. The summed E-state index contributed by atoms with van der Waals surface area (Å²) in [4.78, 5) is 23.6. The molecule has 138 valence electrons. The lowest BCUT2D eigenvalue weighted by Gasteiger charge is -2.26. The van der Waals surface area contributed by atoms with Crippen molar-refractivity contribution in [2.45, 2.75) is 52.2 Å². The van der Waals surface area contributed by atoms with E-state index in [1.165, 1.54) is 11.9 Å². The fourth-order valence-electron chi connectivity index (χ4n) is 3.42. The largest absolute Gasteiger partial charge is 0.376 e. The number of aromatic nitrogens is 2. The highest BCUT2D eigenvalue weighted by Crippen LogP contribution is 2.19. The average Bonchev–Trinajstić information content (AvgIpc) is 3.15. The maximum absolute atomic E-state index is 13.3. The van der Waals surface area contributed by atoms with Gasteiger partial charge in [-0.2, -0.15) is 0 Å². The lowest BCUT2D eigenvalue weighted by molar-refractivity contribution is 0.0505. The van der Waals surface area contributed by atoms with Crippen LogP contribution in [0.2, 0.25) is 0 Å². The van der Waals surface area contributed by atoms with Gasteiger partial charge in [-0.25, -0.2) is 9.97 Å². The van der Waals surface area contributed by atoms with Gasteiger partial charge in [0, 0.05) is 25.9 Å². The average molecular weight is 353 g/mol. The van der Waals surface area contributed by atoms with Crippen molar-refractivity contribution in [3.63, 3.8) is 0 Å². The summed E-state index contributed by atoms with van der Waals surface area (Å²) in [6.07, 6.45) is 7.08. The van der Waals surface area contributed by atoms with Crippen molar-refractivity contribution in [3.05, 3.63) is 59.2 Å². The predicted octanol–water partition coefficient (Wildman–Crippen LogP) is 3.56. The van der Waals surface area contributed by atoms with Gasteiger partial charge in [-0.05, 0) is 31.7 Å². The summed E-state index contributed by atoms with van der Waals surface area (Å²) in [5.74, 6) is -0.00828. The Balaban J connectivity index is 1.85. The van der Waals surface area contributed by atoms with Gasteiger partial charge in [-0.15, -0.1) is 0 Å². The van der Waals surface area contributed by atoms with E-state index in [-0.39, 0.29) is 12.0 Å². The molecule has 1 aromatic carbocycles. The normalized spacial score (nSPS) is 16.6. The Kier molecular flexibility index (Phi) is 6.34. The van der Waals surface area contributed by atoms with Crippen LogP contribution >= 0.6 is 0 Å². The zero-order valence-electron chi connectivity index (χ0n) is 15.6. The Morgan fingerprint density at radius 1 is 1.38 bits per heavy atom. The van der Waals surface area contributed by atoms with Crippen molar-refractivity contribution in [1.29, 1.82) is 0 Å². The molecule has 2 heterocycles. The monoisotopic (exact) mass is 353 g/mol. The summed E-state index contributed by atoms with van der Waals surface area (Å²) >= 11 is 0. The highest BCUT2D eigenvalue weighted by atomic mass is 16.5. The maximum atomic E-state index is 13.3. The molecule has 0 radical (unpaired) electrons. The van der Waals surface area contributed by atoms with Gasteiger partial charge in [0.25, 0.3) is 5.91 Å². The number of nitrogens with zero attached hydrogens (tertiary/aromatic N) is 3. The standard InChI is InChI=1S/C21H27N3O2/c1-3-6-20-19(12-22-15-23-20)21(25)24(14-18-9-5-10-26-18)13-17-8-4-7-16(2)11-17/h4,7-8,11-12,15,18H,3,5-6,9-10,13-14H2,1-2H3. The van der Waals surface area contributed by atoms with Gasteiger partial charge in [-0.1, -0.05) is 43.2 Å². The van der Waals surface area contributed by atoms with Crippen LogP contribution in [0, 0.1) is 6.92 Å². The van der Waals surface area contributed by atoms with Crippen molar-refractivity contribution in [2.24, 2.45) is 0 Å². The maximum Gasteiger partial charge on any atom is 0.257 e. The van der Waals surface area contributed by atoms with Gasteiger partial charge >= 0.3 is 0 Å². The molecule has 26 heavy (non-hydrogen) atoms. The molecular formula is C21H27N3O2. The summed E-state index contributed by atoms with van der Waals surface area (Å²) in [6.45, 7) is 6.12. The zero-order valence-corrected chi connectivity index (χ0v) is 15.6. The second-order valence-electron chi connectivity index (χ2n) is 6.94. The van der Waals surface area contributed by atoms with E-state index >= 15 is 0 Å². The Morgan fingerprint density at radius 2 is 2.27 bits per heavy atom. The lowest BCUT2D eigenvalue weighted by Crippen LogP contribution is -2.37. The Bertz CT molecular complexity index is 742. The molecule has 5 heteroatoms. The number of hydrogen-bond acceptors (Lipinski definition) is 4. The van der Waals surface area contributed by atoms with Gasteiger partial charge in [0.2, 0.25) is 0 Å². The van der Waals surface area contributed by atoms with E-state index in [9.17, 15) is 4.79 Å². The molecule has 1 unspecified atom stereocenters. The molecule has 1 aliphatic rings. The molecule has 0 bridgehead atoms. The second-order valence-corrected chi connectivity index (χ2v) is 6.94. The molecule has 1 aliphatic heterocycles.